The third kappa shape index (κ3) is 2.49. The molecule has 4 rings (SSSR count). The minimum atomic E-state index is -0.259. The van der Waals surface area contributed by atoms with Crippen molar-refractivity contribution in [2.45, 2.75) is 6.17 Å². The van der Waals surface area contributed by atoms with Crippen LogP contribution < -0.4 is 14.8 Å². The summed E-state index contributed by atoms with van der Waals surface area (Å²) in [5.41, 5.74) is 2.83. The Hall–Kier alpha value is -2.66. The van der Waals surface area contributed by atoms with Gasteiger partial charge in [-0.2, -0.15) is 0 Å². The number of nitrogens with one attached hydrogen (secondary N) is 1. The number of hydrogen-bond acceptors (Lipinski definition) is 4. The van der Waals surface area contributed by atoms with Gasteiger partial charge in [0.25, 0.3) is 0 Å². The molecule has 1 unspecified atom stereocenters. The monoisotopic (exact) mass is 322 g/mol. The van der Waals surface area contributed by atoms with Gasteiger partial charge in [0.05, 0.1) is 12.7 Å². The van der Waals surface area contributed by atoms with E-state index in [1.54, 1.807) is 7.11 Å². The Kier molecular flexibility index (Phi) is 3.35. The highest BCUT2D eigenvalue weighted by Gasteiger charge is 2.29. The molecule has 23 heavy (non-hydrogen) atoms. The Labute approximate surface area is 139 Å². The molecular formula is C18H14N2O2S. The van der Waals surface area contributed by atoms with E-state index < -0.39 is 0 Å². The van der Waals surface area contributed by atoms with E-state index in [1.807, 2.05) is 54.6 Å². The zero-order valence-corrected chi connectivity index (χ0v) is 13.3. The second-order valence-electron chi connectivity index (χ2n) is 5.28. The quantitative estimate of drug-likeness (QED) is 0.860. The SMILES string of the molecule is COc1ccc(C2N=C3Oc4ccccc4C=C3C(=S)N2)cc1. The van der Waals surface area contributed by atoms with Gasteiger partial charge in [0, 0.05) is 5.56 Å². The van der Waals surface area contributed by atoms with E-state index in [2.05, 4.69) is 10.3 Å². The second-order valence-corrected chi connectivity index (χ2v) is 5.69. The zero-order valence-electron chi connectivity index (χ0n) is 12.4. The molecule has 1 atom stereocenters. The summed E-state index contributed by atoms with van der Waals surface area (Å²) in [6, 6.07) is 15.6. The predicted octanol–water partition coefficient (Wildman–Crippen LogP) is 3.50. The molecule has 114 valence electrons. The van der Waals surface area contributed by atoms with E-state index >= 15 is 0 Å². The lowest BCUT2D eigenvalue weighted by atomic mass is 10.0. The van der Waals surface area contributed by atoms with Crippen LogP contribution in [0.2, 0.25) is 0 Å². The summed E-state index contributed by atoms with van der Waals surface area (Å²) in [7, 11) is 1.65. The molecule has 5 heteroatoms. The van der Waals surface area contributed by atoms with Crippen molar-refractivity contribution in [3.05, 3.63) is 65.2 Å². The lowest BCUT2D eigenvalue weighted by Crippen LogP contribution is -2.38. The molecule has 2 aliphatic rings. The van der Waals surface area contributed by atoms with E-state index in [4.69, 9.17) is 21.7 Å². The Morgan fingerprint density at radius 1 is 1.13 bits per heavy atom. The fraction of sp³-hybridized carbons (Fsp3) is 0.111. The Bertz CT molecular complexity index is 840. The smallest absolute Gasteiger partial charge is 0.227 e. The van der Waals surface area contributed by atoms with Crippen LogP contribution in [0.5, 0.6) is 11.5 Å². The number of benzene rings is 2. The maximum atomic E-state index is 5.93. The van der Waals surface area contributed by atoms with Crippen molar-refractivity contribution in [3.63, 3.8) is 0 Å². The van der Waals surface area contributed by atoms with Crippen molar-refractivity contribution in [2.24, 2.45) is 4.99 Å². The largest absolute Gasteiger partial charge is 0.497 e. The Morgan fingerprint density at radius 2 is 1.91 bits per heavy atom. The number of ether oxygens (including phenoxy) is 2. The molecule has 2 heterocycles. The van der Waals surface area contributed by atoms with Crippen molar-refractivity contribution in [1.29, 1.82) is 0 Å². The van der Waals surface area contributed by atoms with Crippen molar-refractivity contribution in [3.8, 4) is 11.5 Å². The summed E-state index contributed by atoms with van der Waals surface area (Å²) in [5, 5.41) is 3.25. The number of fused-ring (bicyclic) bond motifs is 2. The van der Waals surface area contributed by atoms with Crippen molar-refractivity contribution >= 4 is 29.2 Å². The molecule has 2 aromatic carbocycles. The average Bonchev–Trinajstić information content (AvgIpc) is 2.60. The molecule has 0 amide bonds. The minimum Gasteiger partial charge on any atom is -0.497 e. The van der Waals surface area contributed by atoms with E-state index in [0.29, 0.717) is 10.9 Å². The number of thiocarbonyl (C=S) groups is 1. The molecule has 2 aromatic rings. The van der Waals surface area contributed by atoms with Gasteiger partial charge >= 0.3 is 0 Å². The first kappa shape index (κ1) is 14.0. The summed E-state index contributed by atoms with van der Waals surface area (Å²) in [5.74, 6) is 2.17. The fourth-order valence-corrected chi connectivity index (χ4v) is 2.88. The van der Waals surface area contributed by atoms with Crippen molar-refractivity contribution in [1.82, 2.24) is 5.32 Å². The summed E-state index contributed by atoms with van der Waals surface area (Å²) in [4.78, 5) is 5.31. The summed E-state index contributed by atoms with van der Waals surface area (Å²) in [6.45, 7) is 0. The van der Waals surface area contributed by atoms with Gasteiger partial charge in [-0.3, -0.25) is 0 Å². The molecule has 0 saturated heterocycles. The average molecular weight is 322 g/mol. The van der Waals surface area contributed by atoms with Crippen LogP contribution in [0.25, 0.3) is 6.08 Å². The van der Waals surface area contributed by atoms with Gasteiger partial charge in [-0.1, -0.05) is 42.5 Å². The molecule has 1 N–H and O–H groups in total. The summed E-state index contributed by atoms with van der Waals surface area (Å²) < 4.78 is 11.1. The molecule has 2 aliphatic heterocycles. The maximum Gasteiger partial charge on any atom is 0.227 e. The number of methoxy groups -OCH3 is 1. The molecule has 0 aromatic heterocycles. The first-order valence-electron chi connectivity index (χ1n) is 7.26. The number of aliphatic imine (C=N–C) groups is 1. The van der Waals surface area contributed by atoms with Crippen LogP contribution in [0.3, 0.4) is 0 Å². The van der Waals surface area contributed by atoms with Crippen molar-refractivity contribution in [2.75, 3.05) is 7.11 Å². The Morgan fingerprint density at radius 3 is 2.70 bits per heavy atom. The topological polar surface area (TPSA) is 42.9 Å². The molecule has 0 spiro atoms. The van der Waals surface area contributed by atoms with E-state index in [-0.39, 0.29) is 6.17 Å². The first-order chi connectivity index (χ1) is 11.2. The van der Waals surface area contributed by atoms with Crippen LogP contribution in [-0.2, 0) is 0 Å². The minimum absolute atomic E-state index is 0.259. The van der Waals surface area contributed by atoms with Gasteiger partial charge < -0.3 is 14.8 Å². The van der Waals surface area contributed by atoms with Gasteiger partial charge in [-0.25, -0.2) is 4.99 Å². The highest BCUT2D eigenvalue weighted by molar-refractivity contribution is 7.80. The van der Waals surface area contributed by atoms with Crippen LogP contribution in [0.1, 0.15) is 17.3 Å². The standard InChI is InChI=1S/C18H14N2O2S/c1-21-13-8-6-11(7-9-13)16-19-17-14(18(23)20-16)10-12-4-2-3-5-15(12)22-17/h2-10,16H,1H3,(H,20,23). The normalized spacial score (nSPS) is 18.7. The molecular weight excluding hydrogens is 308 g/mol. The fourth-order valence-electron chi connectivity index (χ4n) is 2.62. The highest BCUT2D eigenvalue weighted by Crippen LogP contribution is 2.31. The maximum absolute atomic E-state index is 5.93. The lowest BCUT2D eigenvalue weighted by Gasteiger charge is -2.28. The molecule has 0 saturated carbocycles. The van der Waals surface area contributed by atoms with Crippen LogP contribution >= 0.6 is 12.2 Å². The third-order valence-corrected chi connectivity index (χ3v) is 4.18. The van der Waals surface area contributed by atoms with Crippen LogP contribution in [0.4, 0.5) is 0 Å². The van der Waals surface area contributed by atoms with Crippen LogP contribution in [0, 0.1) is 0 Å². The molecule has 0 bridgehead atoms. The number of rotatable bonds is 2. The van der Waals surface area contributed by atoms with Gasteiger partial charge in [-0.15, -0.1) is 0 Å². The van der Waals surface area contributed by atoms with Gasteiger partial charge in [0.1, 0.15) is 22.7 Å². The van der Waals surface area contributed by atoms with E-state index in [9.17, 15) is 0 Å². The number of para-hydroxylation sites is 1. The van der Waals surface area contributed by atoms with Gasteiger partial charge in [0.15, 0.2) is 0 Å². The zero-order chi connectivity index (χ0) is 15.8. The molecule has 0 aliphatic carbocycles. The Balaban J connectivity index is 1.71. The van der Waals surface area contributed by atoms with E-state index in [1.165, 1.54) is 0 Å². The van der Waals surface area contributed by atoms with E-state index in [0.717, 1.165) is 28.2 Å². The van der Waals surface area contributed by atoms with Crippen molar-refractivity contribution < 1.29 is 9.47 Å². The predicted molar refractivity (Wildman–Crippen MR) is 94.0 cm³/mol. The van der Waals surface area contributed by atoms with Crippen LogP contribution in [-0.4, -0.2) is 18.0 Å². The molecule has 0 fully saturated rings. The van der Waals surface area contributed by atoms with Gasteiger partial charge in [0.2, 0.25) is 5.90 Å². The summed E-state index contributed by atoms with van der Waals surface area (Å²) >= 11 is 5.49. The number of hydrogen-bond donors (Lipinski definition) is 1. The third-order valence-electron chi connectivity index (χ3n) is 3.85. The second kappa shape index (κ2) is 5.52. The highest BCUT2D eigenvalue weighted by atomic mass is 32.1. The molecule has 0 radical (unpaired) electrons. The van der Waals surface area contributed by atoms with Crippen LogP contribution in [0.15, 0.2) is 59.1 Å². The first-order valence-corrected chi connectivity index (χ1v) is 7.67. The molecule has 4 nitrogen and oxygen atoms in total. The van der Waals surface area contributed by atoms with Gasteiger partial charge in [-0.05, 0) is 29.8 Å². The number of nitrogens with zero attached hydrogens (tertiary/aromatic N) is 1. The summed E-state index contributed by atoms with van der Waals surface area (Å²) in [6.07, 6.45) is 1.75. The lowest BCUT2D eigenvalue weighted by molar-refractivity contribution is 0.414.